The van der Waals surface area contributed by atoms with Gasteiger partial charge in [-0.1, -0.05) is 6.92 Å². The van der Waals surface area contributed by atoms with E-state index in [-0.39, 0.29) is 35.8 Å². The number of amides is 1. The summed E-state index contributed by atoms with van der Waals surface area (Å²) in [5.74, 6) is -0.445. The van der Waals surface area contributed by atoms with E-state index >= 15 is 0 Å². The van der Waals surface area contributed by atoms with Crippen LogP contribution in [-0.2, 0) is 14.6 Å². The average molecular weight is 230 g/mol. The number of nitriles is 1. The summed E-state index contributed by atoms with van der Waals surface area (Å²) >= 11 is 0. The Bertz CT molecular complexity index is 383. The third-order valence-corrected chi connectivity index (χ3v) is 4.19. The molecule has 1 amide bonds. The monoisotopic (exact) mass is 230 g/mol. The molecule has 0 spiro atoms. The molecule has 0 saturated carbocycles. The van der Waals surface area contributed by atoms with Crippen LogP contribution < -0.4 is 5.32 Å². The first-order valence-electron chi connectivity index (χ1n) is 4.82. The molecule has 0 radical (unpaired) electrons. The Balaban J connectivity index is 2.44. The van der Waals surface area contributed by atoms with Crippen LogP contribution in [0.4, 0.5) is 0 Å². The van der Waals surface area contributed by atoms with Crippen LogP contribution in [0.15, 0.2) is 0 Å². The van der Waals surface area contributed by atoms with Gasteiger partial charge in [0.25, 0.3) is 0 Å². The maximum atomic E-state index is 11.4. The third-order valence-electron chi connectivity index (χ3n) is 2.42. The zero-order valence-corrected chi connectivity index (χ0v) is 9.38. The number of carbonyl (C=O) groups excluding carboxylic acids is 1. The van der Waals surface area contributed by atoms with Crippen molar-refractivity contribution in [1.82, 2.24) is 5.32 Å². The summed E-state index contributed by atoms with van der Waals surface area (Å²) in [6.45, 7) is 1.65. The quantitative estimate of drug-likeness (QED) is 0.729. The predicted octanol–water partition coefficient (Wildman–Crippen LogP) is -0.161. The number of hydrogen-bond donors (Lipinski definition) is 1. The standard InChI is InChI=1S/C9H14N2O3S/c1-7(2-4-10)9(12)11-8-3-5-15(13,14)6-8/h7-8H,2-3,5-6H2,1H3,(H,11,12). The first-order chi connectivity index (χ1) is 6.94. The van der Waals surface area contributed by atoms with Crippen LogP contribution in [0, 0.1) is 17.2 Å². The predicted molar refractivity (Wildman–Crippen MR) is 54.6 cm³/mol. The molecule has 1 saturated heterocycles. The van der Waals surface area contributed by atoms with E-state index in [1.165, 1.54) is 0 Å². The smallest absolute Gasteiger partial charge is 0.224 e. The van der Waals surface area contributed by atoms with Crippen molar-refractivity contribution in [1.29, 1.82) is 5.26 Å². The Morgan fingerprint density at radius 1 is 1.67 bits per heavy atom. The van der Waals surface area contributed by atoms with Crippen LogP contribution in [0.1, 0.15) is 19.8 Å². The summed E-state index contributed by atoms with van der Waals surface area (Å²) in [5, 5.41) is 11.1. The maximum Gasteiger partial charge on any atom is 0.224 e. The van der Waals surface area contributed by atoms with Crippen molar-refractivity contribution in [3.63, 3.8) is 0 Å². The lowest BCUT2D eigenvalue weighted by Crippen LogP contribution is -2.38. The van der Waals surface area contributed by atoms with Crippen LogP contribution in [0.2, 0.25) is 0 Å². The van der Waals surface area contributed by atoms with E-state index in [1.54, 1.807) is 6.92 Å². The molecule has 1 heterocycles. The second-order valence-corrected chi connectivity index (χ2v) is 6.10. The van der Waals surface area contributed by atoms with Crippen molar-refractivity contribution in [2.24, 2.45) is 5.92 Å². The fourth-order valence-electron chi connectivity index (χ4n) is 1.48. The number of hydrogen-bond acceptors (Lipinski definition) is 4. The Kier molecular flexibility index (Phi) is 3.69. The summed E-state index contributed by atoms with van der Waals surface area (Å²) in [5.41, 5.74) is 0. The summed E-state index contributed by atoms with van der Waals surface area (Å²) in [6, 6.07) is 1.64. The minimum Gasteiger partial charge on any atom is -0.352 e. The van der Waals surface area contributed by atoms with Gasteiger partial charge in [-0.3, -0.25) is 4.79 Å². The lowest BCUT2D eigenvalue weighted by Gasteiger charge is -2.13. The van der Waals surface area contributed by atoms with Crippen molar-refractivity contribution in [2.75, 3.05) is 11.5 Å². The van der Waals surface area contributed by atoms with E-state index < -0.39 is 9.84 Å². The van der Waals surface area contributed by atoms with E-state index in [0.29, 0.717) is 6.42 Å². The van der Waals surface area contributed by atoms with Gasteiger partial charge in [0.1, 0.15) is 0 Å². The van der Waals surface area contributed by atoms with Gasteiger partial charge >= 0.3 is 0 Å². The number of carbonyl (C=O) groups is 1. The number of rotatable bonds is 3. The molecule has 2 unspecified atom stereocenters. The Morgan fingerprint density at radius 2 is 2.33 bits per heavy atom. The van der Waals surface area contributed by atoms with Crippen molar-refractivity contribution in [3.05, 3.63) is 0 Å². The topological polar surface area (TPSA) is 87.0 Å². The minimum atomic E-state index is -2.96. The van der Waals surface area contributed by atoms with Gasteiger partial charge in [0.15, 0.2) is 9.84 Å². The fraction of sp³-hybridized carbons (Fsp3) is 0.778. The van der Waals surface area contributed by atoms with Gasteiger partial charge < -0.3 is 5.32 Å². The highest BCUT2D eigenvalue weighted by molar-refractivity contribution is 7.91. The number of sulfone groups is 1. The molecule has 1 aliphatic rings. The fourth-order valence-corrected chi connectivity index (χ4v) is 3.16. The summed E-state index contributed by atoms with van der Waals surface area (Å²) in [4.78, 5) is 11.4. The molecule has 1 fully saturated rings. The number of nitrogens with zero attached hydrogens (tertiary/aromatic N) is 1. The molecule has 0 aliphatic carbocycles. The van der Waals surface area contributed by atoms with Crippen LogP contribution in [-0.4, -0.2) is 31.9 Å². The SMILES string of the molecule is CC(CC#N)C(=O)NC1CCS(=O)(=O)C1. The van der Waals surface area contributed by atoms with Gasteiger partial charge in [-0.15, -0.1) is 0 Å². The largest absolute Gasteiger partial charge is 0.352 e. The van der Waals surface area contributed by atoms with Crippen LogP contribution in [0.5, 0.6) is 0 Å². The zero-order chi connectivity index (χ0) is 11.5. The van der Waals surface area contributed by atoms with E-state index in [1.807, 2.05) is 6.07 Å². The van der Waals surface area contributed by atoms with E-state index in [0.717, 1.165) is 0 Å². The second-order valence-electron chi connectivity index (χ2n) is 3.87. The molecular weight excluding hydrogens is 216 g/mol. The Hall–Kier alpha value is -1.09. The zero-order valence-electron chi connectivity index (χ0n) is 8.56. The van der Waals surface area contributed by atoms with E-state index in [4.69, 9.17) is 5.26 Å². The molecule has 5 nitrogen and oxygen atoms in total. The van der Waals surface area contributed by atoms with Crippen LogP contribution >= 0.6 is 0 Å². The average Bonchev–Trinajstić information content (AvgIpc) is 2.46. The summed E-state index contributed by atoms with van der Waals surface area (Å²) < 4.78 is 22.2. The third kappa shape index (κ3) is 3.51. The highest BCUT2D eigenvalue weighted by Gasteiger charge is 2.29. The van der Waals surface area contributed by atoms with Crippen LogP contribution in [0.25, 0.3) is 0 Å². The van der Waals surface area contributed by atoms with Gasteiger partial charge in [0.2, 0.25) is 5.91 Å². The van der Waals surface area contributed by atoms with Crippen molar-refractivity contribution < 1.29 is 13.2 Å². The minimum absolute atomic E-state index is 0.0258. The normalized spacial score (nSPS) is 25.5. The molecule has 15 heavy (non-hydrogen) atoms. The first-order valence-corrected chi connectivity index (χ1v) is 6.64. The van der Waals surface area contributed by atoms with Gasteiger partial charge in [0.05, 0.1) is 17.6 Å². The van der Waals surface area contributed by atoms with Crippen molar-refractivity contribution in [3.8, 4) is 6.07 Å². The van der Waals surface area contributed by atoms with Gasteiger partial charge in [0, 0.05) is 18.4 Å². The molecular formula is C9H14N2O3S. The lowest BCUT2D eigenvalue weighted by molar-refractivity contribution is -0.124. The summed E-state index contributed by atoms with van der Waals surface area (Å²) in [6.07, 6.45) is 0.638. The summed E-state index contributed by atoms with van der Waals surface area (Å²) in [7, 11) is -2.96. The molecule has 0 aromatic heterocycles. The second kappa shape index (κ2) is 4.62. The molecule has 0 bridgehead atoms. The van der Waals surface area contributed by atoms with Crippen LogP contribution in [0.3, 0.4) is 0 Å². The lowest BCUT2D eigenvalue weighted by atomic mass is 10.1. The van der Waals surface area contributed by atoms with Crippen molar-refractivity contribution in [2.45, 2.75) is 25.8 Å². The van der Waals surface area contributed by atoms with Gasteiger partial charge in [-0.2, -0.15) is 5.26 Å². The molecule has 0 aromatic rings. The highest BCUT2D eigenvalue weighted by atomic mass is 32.2. The highest BCUT2D eigenvalue weighted by Crippen LogP contribution is 2.12. The molecule has 2 atom stereocenters. The van der Waals surface area contributed by atoms with Gasteiger partial charge in [-0.25, -0.2) is 8.42 Å². The Labute approximate surface area is 89.4 Å². The van der Waals surface area contributed by atoms with E-state index in [9.17, 15) is 13.2 Å². The first kappa shape index (κ1) is 12.0. The van der Waals surface area contributed by atoms with Crippen molar-refractivity contribution >= 4 is 15.7 Å². The molecule has 6 heteroatoms. The molecule has 0 aromatic carbocycles. The molecule has 84 valence electrons. The van der Waals surface area contributed by atoms with Gasteiger partial charge in [-0.05, 0) is 6.42 Å². The molecule has 1 N–H and O–H groups in total. The van der Waals surface area contributed by atoms with E-state index in [2.05, 4.69) is 5.32 Å². The maximum absolute atomic E-state index is 11.4. The molecule has 1 aliphatic heterocycles. The number of nitrogens with one attached hydrogen (secondary N) is 1. The Morgan fingerprint density at radius 3 is 2.80 bits per heavy atom. The molecule has 1 rings (SSSR count).